The van der Waals surface area contributed by atoms with Crippen molar-refractivity contribution in [1.82, 2.24) is 14.2 Å². The van der Waals surface area contributed by atoms with Crippen LogP contribution in [0, 0.1) is 0 Å². The Bertz CT molecular complexity index is 582. The number of aromatic nitrogens is 1. The molecule has 1 aliphatic rings. The van der Waals surface area contributed by atoms with Crippen molar-refractivity contribution >= 4 is 10.0 Å². The van der Waals surface area contributed by atoms with Gasteiger partial charge in [0.1, 0.15) is 4.90 Å². The lowest BCUT2D eigenvalue weighted by Gasteiger charge is -2.25. The van der Waals surface area contributed by atoms with Crippen LogP contribution in [0.2, 0.25) is 0 Å². The van der Waals surface area contributed by atoms with E-state index >= 15 is 0 Å². The third-order valence-corrected chi connectivity index (χ3v) is 5.97. The van der Waals surface area contributed by atoms with Gasteiger partial charge in [-0.3, -0.25) is 0 Å². The van der Waals surface area contributed by atoms with Gasteiger partial charge in [0.15, 0.2) is 0 Å². The fourth-order valence-corrected chi connectivity index (χ4v) is 4.23. The molecule has 0 spiro atoms. The van der Waals surface area contributed by atoms with Crippen LogP contribution in [0.1, 0.15) is 26.0 Å². The maximum absolute atomic E-state index is 12.7. The van der Waals surface area contributed by atoms with Gasteiger partial charge in [-0.1, -0.05) is 6.92 Å². The lowest BCUT2D eigenvalue weighted by molar-refractivity contribution is 0.102. The second-order valence-electron chi connectivity index (χ2n) is 5.51. The quantitative estimate of drug-likeness (QED) is 0.848. The fraction of sp³-hybridized carbons (Fsp3) is 0.714. The number of hydrogen-bond acceptors (Lipinski definition) is 4. The maximum Gasteiger partial charge on any atom is 0.244 e. The van der Waals surface area contributed by atoms with E-state index in [2.05, 4.69) is 5.32 Å². The Labute approximate surface area is 127 Å². The minimum absolute atomic E-state index is 0.0604. The van der Waals surface area contributed by atoms with Gasteiger partial charge in [0.2, 0.25) is 10.0 Å². The molecule has 0 bridgehead atoms. The van der Waals surface area contributed by atoms with E-state index in [-0.39, 0.29) is 12.1 Å². The van der Waals surface area contributed by atoms with E-state index < -0.39 is 10.0 Å². The Morgan fingerprint density at radius 3 is 2.81 bits per heavy atom. The molecule has 1 N–H and O–H groups in total. The molecule has 1 saturated heterocycles. The number of likely N-dealkylation sites (N-methyl/N-ethyl adjacent to an activating group) is 1. The minimum Gasteiger partial charge on any atom is -0.377 e. The molecule has 0 amide bonds. The smallest absolute Gasteiger partial charge is 0.244 e. The first-order valence-corrected chi connectivity index (χ1v) is 8.77. The van der Waals surface area contributed by atoms with Crippen LogP contribution in [-0.4, -0.2) is 49.6 Å². The number of nitrogens with one attached hydrogen (secondary N) is 1. The fourth-order valence-electron chi connectivity index (χ4n) is 2.69. The van der Waals surface area contributed by atoms with E-state index in [4.69, 9.17) is 4.74 Å². The molecule has 0 radical (unpaired) electrons. The van der Waals surface area contributed by atoms with Crippen molar-refractivity contribution in [3.8, 4) is 0 Å². The molecule has 120 valence electrons. The van der Waals surface area contributed by atoms with Crippen LogP contribution in [0.4, 0.5) is 0 Å². The van der Waals surface area contributed by atoms with Gasteiger partial charge in [0.05, 0.1) is 12.1 Å². The summed E-state index contributed by atoms with van der Waals surface area (Å²) < 4.78 is 34.3. The van der Waals surface area contributed by atoms with Crippen LogP contribution < -0.4 is 5.32 Å². The third-order valence-electron chi connectivity index (χ3n) is 4.12. The van der Waals surface area contributed by atoms with Crippen LogP contribution in [0.3, 0.4) is 0 Å². The third kappa shape index (κ3) is 3.31. The predicted molar refractivity (Wildman–Crippen MR) is 81.6 cm³/mol. The highest BCUT2D eigenvalue weighted by Crippen LogP contribution is 2.25. The van der Waals surface area contributed by atoms with E-state index in [0.29, 0.717) is 18.0 Å². The zero-order valence-corrected chi connectivity index (χ0v) is 14.0. The van der Waals surface area contributed by atoms with Gasteiger partial charge < -0.3 is 14.6 Å². The second-order valence-corrected chi connectivity index (χ2v) is 7.51. The Morgan fingerprint density at radius 1 is 1.52 bits per heavy atom. The Balaban J connectivity index is 2.22. The topological polar surface area (TPSA) is 63.6 Å². The largest absolute Gasteiger partial charge is 0.377 e. The average Bonchev–Trinajstić information content (AvgIpc) is 3.02. The molecule has 1 aromatic rings. The summed E-state index contributed by atoms with van der Waals surface area (Å²) in [6, 6.07) is 1.65. The van der Waals surface area contributed by atoms with Gasteiger partial charge in [-0.15, -0.1) is 0 Å². The van der Waals surface area contributed by atoms with Crippen molar-refractivity contribution in [2.45, 2.75) is 43.9 Å². The number of hydrogen-bond donors (Lipinski definition) is 1. The molecule has 21 heavy (non-hydrogen) atoms. The molecular weight excluding hydrogens is 290 g/mol. The molecule has 6 nitrogen and oxygen atoms in total. The van der Waals surface area contributed by atoms with Crippen molar-refractivity contribution < 1.29 is 13.2 Å². The van der Waals surface area contributed by atoms with E-state index in [1.165, 1.54) is 4.31 Å². The van der Waals surface area contributed by atoms with Crippen molar-refractivity contribution in [2.24, 2.45) is 7.05 Å². The lowest BCUT2D eigenvalue weighted by Crippen LogP contribution is -2.40. The first kappa shape index (κ1) is 16.5. The summed E-state index contributed by atoms with van der Waals surface area (Å²) >= 11 is 0. The summed E-state index contributed by atoms with van der Waals surface area (Å²) in [5.41, 5.74) is 0.958. The monoisotopic (exact) mass is 315 g/mol. The van der Waals surface area contributed by atoms with Crippen LogP contribution in [0.15, 0.2) is 17.2 Å². The lowest BCUT2D eigenvalue weighted by atomic mass is 10.2. The summed E-state index contributed by atoms with van der Waals surface area (Å²) in [6.07, 6.45) is 2.36. The predicted octanol–water partition coefficient (Wildman–Crippen LogP) is 0.932. The summed E-state index contributed by atoms with van der Waals surface area (Å²) in [7, 11) is 0.0318. The molecule has 1 aromatic heterocycles. The zero-order valence-electron chi connectivity index (χ0n) is 13.2. The number of sulfonamides is 1. The molecule has 7 heteroatoms. The Hall–Kier alpha value is -0.890. The van der Waals surface area contributed by atoms with Crippen molar-refractivity contribution in [3.05, 3.63) is 18.0 Å². The number of ether oxygens (including phenoxy) is 1. The number of rotatable bonds is 6. The van der Waals surface area contributed by atoms with Gasteiger partial charge in [0.25, 0.3) is 0 Å². The molecule has 2 heterocycles. The van der Waals surface area contributed by atoms with E-state index in [0.717, 1.165) is 18.7 Å². The van der Waals surface area contributed by atoms with Crippen LogP contribution in [0.25, 0.3) is 0 Å². The van der Waals surface area contributed by atoms with Crippen molar-refractivity contribution in [2.75, 3.05) is 20.2 Å². The maximum atomic E-state index is 12.7. The summed E-state index contributed by atoms with van der Waals surface area (Å²) in [6.45, 7) is 6.08. The second kappa shape index (κ2) is 6.48. The van der Waals surface area contributed by atoms with E-state index in [1.807, 2.05) is 25.5 Å². The average molecular weight is 315 g/mol. The van der Waals surface area contributed by atoms with Gasteiger partial charge in [-0.2, -0.15) is 4.31 Å². The molecule has 0 aliphatic carbocycles. The van der Waals surface area contributed by atoms with Crippen molar-refractivity contribution in [1.29, 1.82) is 0 Å². The highest BCUT2D eigenvalue weighted by atomic mass is 32.2. The van der Waals surface area contributed by atoms with Gasteiger partial charge in [0, 0.05) is 39.1 Å². The Kier molecular flexibility index (Phi) is 5.08. The van der Waals surface area contributed by atoms with Gasteiger partial charge in [-0.25, -0.2) is 8.42 Å². The van der Waals surface area contributed by atoms with Crippen molar-refractivity contribution in [3.63, 3.8) is 0 Å². The molecule has 2 rings (SSSR count). The van der Waals surface area contributed by atoms with Crippen LogP contribution in [0.5, 0.6) is 0 Å². The molecular formula is C14H25N3O3S. The minimum atomic E-state index is -3.48. The molecule has 2 atom stereocenters. The highest BCUT2D eigenvalue weighted by molar-refractivity contribution is 7.89. The van der Waals surface area contributed by atoms with Gasteiger partial charge in [-0.05, 0) is 26.0 Å². The van der Waals surface area contributed by atoms with Crippen LogP contribution in [-0.2, 0) is 28.4 Å². The highest BCUT2D eigenvalue weighted by Gasteiger charge is 2.35. The van der Waals surface area contributed by atoms with E-state index in [1.54, 1.807) is 19.3 Å². The van der Waals surface area contributed by atoms with Gasteiger partial charge >= 0.3 is 0 Å². The molecule has 0 aromatic carbocycles. The Morgan fingerprint density at radius 2 is 2.24 bits per heavy atom. The molecule has 0 saturated carbocycles. The number of nitrogens with zero attached hydrogens (tertiary/aromatic N) is 2. The number of aryl methyl sites for hydroxylation is 1. The van der Waals surface area contributed by atoms with Crippen LogP contribution >= 0.6 is 0 Å². The summed E-state index contributed by atoms with van der Waals surface area (Å²) in [5, 5.41) is 3.21. The first-order chi connectivity index (χ1) is 9.87. The molecule has 1 aliphatic heterocycles. The SMILES string of the molecule is CCNCc1cc(S(=O)(=O)N(C)C2CCOC2C)cn1C. The molecule has 1 fully saturated rings. The first-order valence-electron chi connectivity index (χ1n) is 7.33. The normalized spacial score (nSPS) is 23.1. The summed E-state index contributed by atoms with van der Waals surface area (Å²) in [4.78, 5) is 0.347. The van der Waals surface area contributed by atoms with E-state index in [9.17, 15) is 8.42 Å². The standard InChI is InChI=1S/C14H25N3O3S/c1-5-15-9-12-8-13(10-16(12)3)21(18,19)17(4)14-6-7-20-11(14)2/h8,10-11,14-15H,5-7,9H2,1-4H3. The molecule has 2 unspecified atom stereocenters. The summed E-state index contributed by atoms with van der Waals surface area (Å²) in [5.74, 6) is 0. The zero-order chi connectivity index (χ0) is 15.6.